The predicted octanol–water partition coefficient (Wildman–Crippen LogP) is 2.06. The number of amides is 1. The number of carbonyl (C=O) groups is 1. The normalized spacial score (nSPS) is 28.4. The van der Waals surface area contributed by atoms with Crippen molar-refractivity contribution in [3.05, 3.63) is 0 Å². The fraction of sp³-hybridized carbons (Fsp3) is 0.933. The topological polar surface area (TPSA) is 53.0 Å². The van der Waals surface area contributed by atoms with Crippen molar-refractivity contribution in [1.29, 1.82) is 0 Å². The minimum absolute atomic E-state index is 0. The zero-order chi connectivity index (χ0) is 15.7. The van der Waals surface area contributed by atoms with Crippen LogP contribution in [0, 0.1) is 0 Å². The summed E-state index contributed by atoms with van der Waals surface area (Å²) in [5, 5.41) is 9.01. The van der Waals surface area contributed by atoms with Crippen LogP contribution in [0.2, 0.25) is 0 Å². The molecule has 2 heterocycles. The Labute approximate surface area is 152 Å². The first-order valence-corrected chi connectivity index (χ1v) is 8.19. The Morgan fingerprint density at radius 3 is 2.68 bits per heavy atom. The summed E-state index contributed by atoms with van der Waals surface area (Å²) in [4.78, 5) is 14.6. The number of aliphatic hydroxyl groups is 1. The van der Waals surface area contributed by atoms with E-state index in [1.165, 1.54) is 0 Å². The number of ether oxygens (including phenoxy) is 1. The first-order chi connectivity index (χ1) is 9.77. The third kappa shape index (κ3) is 4.60. The second kappa shape index (κ2) is 7.84. The Bertz CT molecular complexity index is 391. The van der Waals surface area contributed by atoms with Crippen LogP contribution in [0.15, 0.2) is 0 Å². The number of hydrogen-bond donors (Lipinski definition) is 1. The molecule has 1 radical (unpaired) electrons. The van der Waals surface area contributed by atoms with Gasteiger partial charge in [-0.05, 0) is 59.4 Å². The molecule has 7 heteroatoms. The van der Waals surface area contributed by atoms with Gasteiger partial charge in [0.2, 0.25) is 0 Å². The van der Waals surface area contributed by atoms with Gasteiger partial charge < -0.3 is 27.0 Å². The van der Waals surface area contributed by atoms with E-state index in [0.29, 0.717) is 0 Å². The minimum atomic E-state index is -0.478. The van der Waals surface area contributed by atoms with E-state index in [2.05, 4.69) is 0 Å². The molecule has 0 saturated carbocycles. The van der Waals surface area contributed by atoms with Crippen LogP contribution < -0.4 is 0 Å². The van der Waals surface area contributed by atoms with E-state index in [-0.39, 0.29) is 44.4 Å². The third-order valence-electron chi connectivity index (χ3n) is 4.34. The van der Waals surface area contributed by atoms with Gasteiger partial charge in [-0.3, -0.25) is 4.90 Å². The summed E-state index contributed by atoms with van der Waals surface area (Å²) < 4.78 is 7.52. The molecule has 2 aliphatic heterocycles. The van der Waals surface area contributed by atoms with Gasteiger partial charge in [-0.2, -0.15) is 0 Å². The molecule has 2 fully saturated rings. The molecule has 5 nitrogen and oxygen atoms in total. The predicted molar refractivity (Wildman–Crippen MR) is 83.7 cm³/mol. The number of aliphatic hydroxyl groups excluding tert-OH is 1. The summed E-state index contributed by atoms with van der Waals surface area (Å²) in [5.41, 5.74) is -0.684. The van der Waals surface area contributed by atoms with E-state index >= 15 is 0 Å². The molecule has 0 aromatic carbocycles. The first-order valence-electron chi connectivity index (χ1n) is 7.83. The maximum Gasteiger partial charge on any atom is 0.411 e. The van der Waals surface area contributed by atoms with Crippen molar-refractivity contribution in [3.8, 4) is 0 Å². The molecule has 131 valence electrons. The van der Waals surface area contributed by atoms with Crippen LogP contribution in [0.1, 0.15) is 52.9 Å². The molecular weight excluding hydrogens is 480 g/mol. The fourth-order valence-corrected chi connectivity index (χ4v) is 3.98. The first kappa shape index (κ1) is 20.2. The Morgan fingerprint density at radius 1 is 1.41 bits per heavy atom. The molecule has 22 heavy (non-hydrogen) atoms. The van der Waals surface area contributed by atoms with Gasteiger partial charge in [-0.1, -0.05) is 0 Å². The molecule has 2 aliphatic rings. The molecule has 0 aliphatic carbocycles. The number of fused-ring (bicyclic) bond motifs is 2. The van der Waals surface area contributed by atoms with Crippen LogP contribution in [-0.4, -0.2) is 57.3 Å². The summed E-state index contributed by atoms with van der Waals surface area (Å²) in [5.74, 6) is 0. The summed E-state index contributed by atoms with van der Waals surface area (Å²) in [6.07, 6.45) is 4.33. The molecule has 2 rings (SSSR count). The van der Waals surface area contributed by atoms with Gasteiger partial charge in [0, 0.05) is 39.3 Å². The summed E-state index contributed by atoms with van der Waals surface area (Å²) >= 11 is 5.39. The van der Waals surface area contributed by atoms with Gasteiger partial charge in [0.15, 0.2) is 0 Å². The Balaban J connectivity index is 0.00000242. The van der Waals surface area contributed by atoms with Crippen molar-refractivity contribution in [1.82, 2.24) is 9.21 Å². The Hall–Kier alpha value is 0.189. The maximum absolute atomic E-state index is 12.6. The maximum atomic E-state index is 12.6. The molecule has 1 N–H and O–H groups in total. The molecule has 2 bridgehead atoms. The Morgan fingerprint density at radius 2 is 2.09 bits per heavy atom. The molecule has 2 unspecified atom stereocenters. The molecule has 0 aromatic heterocycles. The van der Waals surface area contributed by atoms with E-state index in [4.69, 9.17) is 22.7 Å². The van der Waals surface area contributed by atoms with Gasteiger partial charge in [-0.15, -0.1) is 0 Å². The Kier molecular flexibility index (Phi) is 7.21. The molecule has 2 atom stereocenters. The van der Waals surface area contributed by atoms with Crippen LogP contribution in [0.3, 0.4) is 0 Å². The van der Waals surface area contributed by atoms with Crippen molar-refractivity contribution in [2.45, 2.75) is 70.1 Å². The molecular formula is C15H27IrN2O3S-. The monoisotopic (exact) mass is 508 g/mol. The third-order valence-corrected chi connectivity index (χ3v) is 4.62. The van der Waals surface area contributed by atoms with Crippen molar-refractivity contribution in [2.24, 2.45) is 0 Å². The van der Waals surface area contributed by atoms with Crippen LogP contribution in [0.25, 0.3) is 0 Å². The van der Waals surface area contributed by atoms with E-state index in [0.717, 1.165) is 45.2 Å². The van der Waals surface area contributed by atoms with Crippen molar-refractivity contribution in [2.75, 3.05) is 19.7 Å². The molecule has 0 spiro atoms. The van der Waals surface area contributed by atoms with Crippen LogP contribution in [0.5, 0.6) is 0 Å². The molecule has 0 aromatic rings. The SMILES string of the molecule is CC(C)(C)OC(=O)N1C2CCC1(CCCCO)CN([S-])C2.[Ir]. The zero-order valence-corrected chi connectivity index (χ0v) is 16.8. The number of unbranched alkanes of at least 4 members (excludes halogenated alkanes) is 1. The van der Waals surface area contributed by atoms with Crippen molar-refractivity contribution >= 4 is 18.9 Å². The van der Waals surface area contributed by atoms with Crippen LogP contribution >= 0.6 is 0 Å². The molecule has 1 amide bonds. The number of rotatable bonds is 4. The van der Waals surface area contributed by atoms with Crippen molar-refractivity contribution < 1.29 is 34.7 Å². The van der Waals surface area contributed by atoms with Gasteiger partial charge in [0.1, 0.15) is 5.60 Å². The van der Waals surface area contributed by atoms with Gasteiger partial charge in [-0.25, -0.2) is 4.79 Å². The van der Waals surface area contributed by atoms with E-state index in [1.54, 1.807) is 0 Å². The average Bonchev–Trinajstić information content (AvgIpc) is 2.57. The summed E-state index contributed by atoms with van der Waals surface area (Å²) in [6, 6.07) is 0.167. The second-order valence-electron chi connectivity index (χ2n) is 7.27. The number of nitrogens with zero attached hydrogens (tertiary/aromatic N) is 2. The molecule has 2 saturated heterocycles. The number of carbonyl (C=O) groups excluding carboxylic acids is 1. The average molecular weight is 508 g/mol. The van der Waals surface area contributed by atoms with Gasteiger partial charge in [0.25, 0.3) is 0 Å². The van der Waals surface area contributed by atoms with E-state index < -0.39 is 5.60 Å². The number of piperazine rings is 1. The van der Waals surface area contributed by atoms with Crippen LogP contribution in [0.4, 0.5) is 4.79 Å². The standard InChI is InChI=1S/C15H27N2O3S.Ir/c1-14(2,3)20-13(19)17-12-6-8-15(17,7-4-5-9-18)11-16(21)10-12;/h12,18H,4-11H2,1-3H3;/q-1;. The van der Waals surface area contributed by atoms with Gasteiger partial charge >= 0.3 is 6.09 Å². The summed E-state index contributed by atoms with van der Waals surface area (Å²) in [6.45, 7) is 7.36. The zero-order valence-electron chi connectivity index (χ0n) is 13.6. The van der Waals surface area contributed by atoms with Crippen LogP contribution in [-0.2, 0) is 37.7 Å². The number of hydrogen-bond acceptors (Lipinski definition) is 5. The quantitative estimate of drug-likeness (QED) is 0.467. The van der Waals surface area contributed by atoms with E-state index in [1.807, 2.05) is 30.0 Å². The minimum Gasteiger partial charge on any atom is -0.702 e. The summed E-state index contributed by atoms with van der Waals surface area (Å²) in [7, 11) is 0. The second-order valence-corrected chi connectivity index (χ2v) is 7.79. The fourth-order valence-electron chi connectivity index (χ4n) is 3.57. The van der Waals surface area contributed by atoms with E-state index in [9.17, 15) is 4.79 Å². The van der Waals surface area contributed by atoms with Crippen molar-refractivity contribution in [3.63, 3.8) is 0 Å². The largest absolute Gasteiger partial charge is 0.702 e. The van der Waals surface area contributed by atoms with Gasteiger partial charge in [0.05, 0.1) is 5.54 Å². The smallest absolute Gasteiger partial charge is 0.411 e.